The molecule has 0 saturated heterocycles. The minimum Gasteiger partial charge on any atom is -0.384 e. The van der Waals surface area contributed by atoms with Crippen molar-refractivity contribution in [1.29, 1.82) is 0 Å². The topological polar surface area (TPSA) is 80.9 Å². The van der Waals surface area contributed by atoms with Crippen LogP contribution in [0.1, 0.15) is 12.8 Å². The van der Waals surface area contributed by atoms with E-state index in [0.717, 1.165) is 34.7 Å². The zero-order chi connectivity index (χ0) is 15.8. The van der Waals surface area contributed by atoms with E-state index in [9.17, 15) is 4.79 Å². The summed E-state index contributed by atoms with van der Waals surface area (Å²) in [5.41, 5.74) is 7.69. The number of nitrogen functional groups attached to an aromatic ring is 1. The fourth-order valence-corrected chi connectivity index (χ4v) is 2.54. The minimum absolute atomic E-state index is 0.0708. The molecule has 0 unspecified atom stereocenters. The zero-order valence-corrected chi connectivity index (χ0v) is 12.5. The number of rotatable bonds is 3. The summed E-state index contributed by atoms with van der Waals surface area (Å²) in [5, 5.41) is 4.93. The van der Waals surface area contributed by atoms with Crippen molar-refractivity contribution in [1.82, 2.24) is 9.97 Å². The van der Waals surface area contributed by atoms with Gasteiger partial charge in [0.15, 0.2) is 0 Å². The van der Waals surface area contributed by atoms with E-state index in [-0.39, 0.29) is 11.8 Å². The third-order valence-electron chi connectivity index (χ3n) is 4.04. The van der Waals surface area contributed by atoms with Crippen LogP contribution >= 0.6 is 0 Å². The molecule has 1 aromatic carbocycles. The first-order valence-electron chi connectivity index (χ1n) is 7.62. The van der Waals surface area contributed by atoms with E-state index in [1.807, 2.05) is 24.3 Å². The molecule has 5 nitrogen and oxygen atoms in total. The Labute approximate surface area is 133 Å². The first kappa shape index (κ1) is 13.7. The van der Waals surface area contributed by atoms with Crippen molar-refractivity contribution in [2.45, 2.75) is 12.8 Å². The van der Waals surface area contributed by atoms with Gasteiger partial charge in [-0.1, -0.05) is 12.1 Å². The van der Waals surface area contributed by atoms with Crippen LogP contribution in [0, 0.1) is 5.92 Å². The molecule has 2 aromatic heterocycles. The highest BCUT2D eigenvalue weighted by Crippen LogP contribution is 2.30. The maximum absolute atomic E-state index is 11.8. The van der Waals surface area contributed by atoms with Crippen molar-refractivity contribution < 1.29 is 4.79 Å². The van der Waals surface area contributed by atoms with Gasteiger partial charge in [-0.05, 0) is 48.1 Å². The third kappa shape index (κ3) is 2.85. The van der Waals surface area contributed by atoms with Crippen molar-refractivity contribution in [3.8, 4) is 11.1 Å². The molecule has 1 saturated carbocycles. The lowest BCUT2D eigenvalue weighted by atomic mass is 10.0. The number of pyridine rings is 2. The first-order valence-corrected chi connectivity index (χ1v) is 7.62. The molecule has 1 aliphatic rings. The van der Waals surface area contributed by atoms with Gasteiger partial charge in [0.05, 0.1) is 0 Å². The molecule has 23 heavy (non-hydrogen) atoms. The average Bonchev–Trinajstić information content (AvgIpc) is 3.40. The quantitative estimate of drug-likeness (QED) is 0.778. The molecule has 3 aromatic rings. The lowest BCUT2D eigenvalue weighted by Crippen LogP contribution is -2.14. The lowest BCUT2D eigenvalue weighted by Gasteiger charge is -2.07. The summed E-state index contributed by atoms with van der Waals surface area (Å²) in [4.78, 5) is 20.3. The van der Waals surface area contributed by atoms with Crippen LogP contribution in [0.15, 0.2) is 48.8 Å². The van der Waals surface area contributed by atoms with Gasteiger partial charge >= 0.3 is 0 Å². The standard InChI is InChI=1S/C18H16N4O/c19-16-6-5-14(9-20-16)12-3-4-13-8-17(21-10-15(13)7-12)22-18(23)11-1-2-11/h3-11H,1-2H2,(H2,19,20)(H,21,22,23). The van der Waals surface area contributed by atoms with Gasteiger partial charge in [0, 0.05) is 29.3 Å². The number of fused-ring (bicyclic) bond motifs is 1. The largest absolute Gasteiger partial charge is 0.384 e. The van der Waals surface area contributed by atoms with Crippen molar-refractivity contribution in [3.63, 3.8) is 0 Å². The van der Waals surface area contributed by atoms with Crippen LogP contribution in [-0.4, -0.2) is 15.9 Å². The second-order valence-corrected chi connectivity index (χ2v) is 5.87. The third-order valence-corrected chi connectivity index (χ3v) is 4.04. The van der Waals surface area contributed by atoms with Gasteiger partial charge in [0.1, 0.15) is 11.6 Å². The van der Waals surface area contributed by atoms with E-state index in [4.69, 9.17) is 5.73 Å². The van der Waals surface area contributed by atoms with E-state index < -0.39 is 0 Å². The number of benzene rings is 1. The summed E-state index contributed by atoms with van der Waals surface area (Å²) in [6, 6.07) is 11.7. The second kappa shape index (κ2) is 5.35. The second-order valence-electron chi connectivity index (χ2n) is 5.87. The number of nitrogens with zero attached hydrogens (tertiary/aromatic N) is 2. The van der Waals surface area contributed by atoms with Gasteiger partial charge in [0.25, 0.3) is 0 Å². The summed E-state index contributed by atoms with van der Waals surface area (Å²) in [6.45, 7) is 0. The number of carbonyl (C=O) groups excluding carboxylic acids is 1. The molecule has 0 bridgehead atoms. The Kier molecular flexibility index (Phi) is 3.19. The molecule has 0 aliphatic heterocycles. The summed E-state index contributed by atoms with van der Waals surface area (Å²) in [5.74, 6) is 1.36. The Morgan fingerprint density at radius 2 is 1.83 bits per heavy atom. The Hall–Kier alpha value is -2.95. The summed E-state index contributed by atoms with van der Waals surface area (Å²) < 4.78 is 0. The Morgan fingerprint density at radius 3 is 2.57 bits per heavy atom. The molecule has 1 aliphatic carbocycles. The molecule has 4 rings (SSSR count). The number of hydrogen-bond donors (Lipinski definition) is 2. The van der Waals surface area contributed by atoms with Crippen LogP contribution in [-0.2, 0) is 4.79 Å². The predicted molar refractivity (Wildman–Crippen MR) is 90.7 cm³/mol. The summed E-state index contributed by atoms with van der Waals surface area (Å²) in [7, 11) is 0. The SMILES string of the molecule is Nc1ccc(-c2ccc3cc(NC(=O)C4CC4)ncc3c2)cn1. The van der Waals surface area contributed by atoms with Gasteiger partial charge in [-0.3, -0.25) is 4.79 Å². The lowest BCUT2D eigenvalue weighted by molar-refractivity contribution is -0.117. The molecule has 1 fully saturated rings. The average molecular weight is 304 g/mol. The highest BCUT2D eigenvalue weighted by Gasteiger charge is 2.29. The Balaban J connectivity index is 1.64. The van der Waals surface area contributed by atoms with Gasteiger partial charge in [-0.2, -0.15) is 0 Å². The van der Waals surface area contributed by atoms with E-state index in [0.29, 0.717) is 11.6 Å². The molecule has 114 valence electrons. The van der Waals surface area contributed by atoms with Crippen LogP contribution in [0.4, 0.5) is 11.6 Å². The number of nitrogens with one attached hydrogen (secondary N) is 1. The van der Waals surface area contributed by atoms with Crippen molar-refractivity contribution >= 4 is 28.3 Å². The number of anilines is 2. The molecule has 2 heterocycles. The normalized spacial score (nSPS) is 13.9. The minimum atomic E-state index is 0.0708. The molecule has 0 atom stereocenters. The van der Waals surface area contributed by atoms with Crippen molar-refractivity contribution in [2.24, 2.45) is 5.92 Å². The van der Waals surface area contributed by atoms with Crippen LogP contribution in [0.25, 0.3) is 21.9 Å². The number of carbonyl (C=O) groups is 1. The van der Waals surface area contributed by atoms with E-state index >= 15 is 0 Å². The fourth-order valence-electron chi connectivity index (χ4n) is 2.54. The summed E-state index contributed by atoms with van der Waals surface area (Å²) >= 11 is 0. The first-order chi connectivity index (χ1) is 11.2. The molecule has 0 spiro atoms. The number of amides is 1. The van der Waals surface area contributed by atoms with E-state index in [1.165, 1.54) is 0 Å². The fraction of sp³-hybridized carbons (Fsp3) is 0.167. The highest BCUT2D eigenvalue weighted by molar-refractivity contribution is 5.95. The van der Waals surface area contributed by atoms with Gasteiger partial charge in [-0.15, -0.1) is 0 Å². The van der Waals surface area contributed by atoms with Gasteiger partial charge < -0.3 is 11.1 Å². The zero-order valence-electron chi connectivity index (χ0n) is 12.5. The van der Waals surface area contributed by atoms with Gasteiger partial charge in [-0.25, -0.2) is 9.97 Å². The predicted octanol–water partition coefficient (Wildman–Crippen LogP) is 3.23. The van der Waals surface area contributed by atoms with E-state index in [2.05, 4.69) is 21.4 Å². The Bertz CT molecular complexity index is 885. The van der Waals surface area contributed by atoms with Crippen LogP contribution in [0.2, 0.25) is 0 Å². The van der Waals surface area contributed by atoms with Crippen LogP contribution in [0.5, 0.6) is 0 Å². The van der Waals surface area contributed by atoms with Gasteiger partial charge in [0.2, 0.25) is 5.91 Å². The molecule has 5 heteroatoms. The number of nitrogens with two attached hydrogens (primary N) is 1. The maximum atomic E-state index is 11.8. The highest BCUT2D eigenvalue weighted by atomic mass is 16.2. The van der Waals surface area contributed by atoms with Crippen molar-refractivity contribution in [3.05, 3.63) is 48.8 Å². The number of aromatic nitrogens is 2. The summed E-state index contributed by atoms with van der Waals surface area (Å²) in [6.07, 6.45) is 5.51. The van der Waals surface area contributed by atoms with Crippen LogP contribution < -0.4 is 11.1 Å². The molecular formula is C18H16N4O. The van der Waals surface area contributed by atoms with Crippen LogP contribution in [0.3, 0.4) is 0 Å². The molecule has 0 radical (unpaired) electrons. The molecular weight excluding hydrogens is 288 g/mol. The molecule has 1 amide bonds. The monoisotopic (exact) mass is 304 g/mol. The van der Waals surface area contributed by atoms with E-state index in [1.54, 1.807) is 18.5 Å². The number of hydrogen-bond acceptors (Lipinski definition) is 4. The maximum Gasteiger partial charge on any atom is 0.228 e. The smallest absolute Gasteiger partial charge is 0.228 e. The van der Waals surface area contributed by atoms with Crippen molar-refractivity contribution in [2.75, 3.05) is 11.1 Å². The Morgan fingerprint density at radius 1 is 1.00 bits per heavy atom. The molecule has 3 N–H and O–H groups in total.